The smallest absolute Gasteiger partial charge is 0.138 e. The van der Waals surface area contributed by atoms with Crippen LogP contribution in [0, 0.1) is 5.92 Å². The number of pyridine rings is 1. The molecule has 0 atom stereocenters. The summed E-state index contributed by atoms with van der Waals surface area (Å²) in [7, 11) is 0. The Balaban J connectivity index is 2.43. The number of hydrogen-bond acceptors (Lipinski definition) is 2. The first-order chi connectivity index (χ1) is 7.61. The van der Waals surface area contributed by atoms with E-state index in [1.165, 1.54) is 5.56 Å². The average molecular weight is 219 g/mol. The zero-order valence-electron chi connectivity index (χ0n) is 10.5. The van der Waals surface area contributed by atoms with Crippen LogP contribution in [0.15, 0.2) is 18.3 Å². The molecule has 0 aliphatic carbocycles. The third-order valence-electron chi connectivity index (χ3n) is 2.67. The fourth-order valence-electron chi connectivity index (χ4n) is 1.51. The first kappa shape index (κ1) is 12.9. The van der Waals surface area contributed by atoms with E-state index in [0.717, 1.165) is 18.5 Å². The highest BCUT2D eigenvalue weighted by molar-refractivity contribution is 5.80. The van der Waals surface area contributed by atoms with E-state index in [1.54, 1.807) is 0 Å². The van der Waals surface area contributed by atoms with Crippen molar-refractivity contribution in [3.63, 3.8) is 0 Å². The molecule has 0 aliphatic heterocycles. The van der Waals surface area contributed by atoms with E-state index in [1.807, 2.05) is 12.3 Å². The lowest BCUT2D eigenvalue weighted by atomic mass is 10.0. The van der Waals surface area contributed by atoms with Crippen molar-refractivity contribution >= 4 is 5.78 Å². The van der Waals surface area contributed by atoms with Gasteiger partial charge in [0, 0.05) is 24.7 Å². The molecule has 0 spiro atoms. The van der Waals surface area contributed by atoms with Crippen LogP contribution in [0.4, 0.5) is 0 Å². The van der Waals surface area contributed by atoms with Crippen molar-refractivity contribution < 1.29 is 4.79 Å². The predicted octanol–water partition coefficient (Wildman–Crippen LogP) is 3.19. The van der Waals surface area contributed by atoms with Gasteiger partial charge in [-0.05, 0) is 30.4 Å². The Morgan fingerprint density at radius 1 is 1.38 bits per heavy atom. The third kappa shape index (κ3) is 4.56. The molecular formula is C14H21NO. The van der Waals surface area contributed by atoms with Gasteiger partial charge in [0.05, 0.1) is 0 Å². The summed E-state index contributed by atoms with van der Waals surface area (Å²) in [5, 5.41) is 0. The molecule has 0 aromatic carbocycles. The van der Waals surface area contributed by atoms with Crippen molar-refractivity contribution in [2.75, 3.05) is 0 Å². The maximum atomic E-state index is 11.6. The predicted molar refractivity (Wildman–Crippen MR) is 66.4 cm³/mol. The Bertz CT molecular complexity index is 327. The van der Waals surface area contributed by atoms with Crippen LogP contribution in [0.3, 0.4) is 0 Å². The number of aryl methyl sites for hydroxylation is 1. The molecular weight excluding hydrogens is 198 g/mol. The molecule has 0 bridgehead atoms. The van der Waals surface area contributed by atoms with Crippen molar-refractivity contribution in [2.45, 2.75) is 46.5 Å². The van der Waals surface area contributed by atoms with Gasteiger partial charge in [-0.1, -0.05) is 26.8 Å². The molecule has 0 N–H and O–H groups in total. The average Bonchev–Trinajstić information content (AvgIpc) is 2.27. The van der Waals surface area contributed by atoms with Crippen LogP contribution in [-0.4, -0.2) is 10.8 Å². The van der Waals surface area contributed by atoms with Gasteiger partial charge in [0.2, 0.25) is 0 Å². The van der Waals surface area contributed by atoms with Crippen molar-refractivity contribution in [1.29, 1.82) is 0 Å². The number of carbonyl (C=O) groups is 1. The summed E-state index contributed by atoms with van der Waals surface area (Å²) in [6, 6.07) is 4.02. The fraction of sp³-hybridized carbons (Fsp3) is 0.571. The van der Waals surface area contributed by atoms with Crippen LogP contribution in [0.25, 0.3) is 0 Å². The normalized spacial score (nSPS) is 10.8. The van der Waals surface area contributed by atoms with E-state index in [2.05, 4.69) is 31.8 Å². The summed E-state index contributed by atoms with van der Waals surface area (Å²) < 4.78 is 0. The number of Topliss-reactive ketones (excluding diaryl/α,β-unsaturated/α-hetero) is 1. The van der Waals surface area contributed by atoms with Gasteiger partial charge in [-0.2, -0.15) is 0 Å². The highest BCUT2D eigenvalue weighted by Gasteiger charge is 2.06. The second-order valence-corrected chi connectivity index (χ2v) is 4.66. The van der Waals surface area contributed by atoms with Crippen molar-refractivity contribution in [2.24, 2.45) is 5.92 Å². The van der Waals surface area contributed by atoms with E-state index in [-0.39, 0.29) is 0 Å². The van der Waals surface area contributed by atoms with E-state index < -0.39 is 0 Å². The molecule has 0 amide bonds. The molecule has 88 valence electrons. The molecule has 1 aromatic rings. The Kier molecular flexibility index (Phi) is 5.17. The zero-order valence-corrected chi connectivity index (χ0v) is 10.5. The van der Waals surface area contributed by atoms with Crippen LogP contribution >= 0.6 is 0 Å². The van der Waals surface area contributed by atoms with Gasteiger partial charge >= 0.3 is 0 Å². The van der Waals surface area contributed by atoms with Gasteiger partial charge in [-0.3, -0.25) is 9.78 Å². The Hall–Kier alpha value is -1.18. The highest BCUT2D eigenvalue weighted by Crippen LogP contribution is 2.07. The minimum Gasteiger partial charge on any atom is -0.299 e. The quantitative estimate of drug-likeness (QED) is 0.735. The molecule has 0 unspecified atom stereocenters. The molecule has 0 saturated heterocycles. The molecule has 0 aliphatic rings. The van der Waals surface area contributed by atoms with E-state index in [9.17, 15) is 4.79 Å². The Morgan fingerprint density at radius 2 is 2.12 bits per heavy atom. The van der Waals surface area contributed by atoms with Crippen molar-refractivity contribution in [3.8, 4) is 0 Å². The van der Waals surface area contributed by atoms with Crippen LogP contribution in [0.2, 0.25) is 0 Å². The first-order valence-electron chi connectivity index (χ1n) is 6.07. The van der Waals surface area contributed by atoms with Crippen LogP contribution in [-0.2, 0) is 17.6 Å². The van der Waals surface area contributed by atoms with Crippen LogP contribution < -0.4 is 0 Å². The fourth-order valence-corrected chi connectivity index (χ4v) is 1.51. The number of nitrogens with zero attached hydrogens (tertiary/aromatic N) is 1. The molecule has 16 heavy (non-hydrogen) atoms. The number of carbonyl (C=O) groups excluding carboxylic acids is 1. The SMILES string of the molecule is CCc1ccc(CC(=O)CCC(C)C)nc1. The van der Waals surface area contributed by atoms with Gasteiger partial charge in [-0.25, -0.2) is 0 Å². The zero-order chi connectivity index (χ0) is 12.0. The monoisotopic (exact) mass is 219 g/mol. The minimum absolute atomic E-state index is 0.297. The van der Waals surface area contributed by atoms with Crippen molar-refractivity contribution in [3.05, 3.63) is 29.6 Å². The van der Waals surface area contributed by atoms with Gasteiger partial charge in [0.1, 0.15) is 5.78 Å². The second kappa shape index (κ2) is 6.41. The van der Waals surface area contributed by atoms with Gasteiger partial charge in [0.15, 0.2) is 0 Å². The summed E-state index contributed by atoms with van der Waals surface area (Å²) in [5.74, 6) is 0.893. The Labute approximate surface area is 98.1 Å². The Morgan fingerprint density at radius 3 is 2.62 bits per heavy atom. The molecule has 2 nitrogen and oxygen atoms in total. The maximum Gasteiger partial charge on any atom is 0.138 e. The lowest BCUT2D eigenvalue weighted by molar-refractivity contribution is -0.118. The largest absolute Gasteiger partial charge is 0.299 e. The molecule has 0 saturated carbocycles. The molecule has 0 fully saturated rings. The molecule has 1 heterocycles. The van der Waals surface area contributed by atoms with Crippen molar-refractivity contribution in [1.82, 2.24) is 4.98 Å². The number of rotatable bonds is 6. The second-order valence-electron chi connectivity index (χ2n) is 4.66. The summed E-state index contributed by atoms with van der Waals surface area (Å²) in [6.07, 6.45) is 5.00. The van der Waals surface area contributed by atoms with Crippen LogP contribution in [0.5, 0.6) is 0 Å². The van der Waals surface area contributed by atoms with Gasteiger partial charge in [0.25, 0.3) is 0 Å². The third-order valence-corrected chi connectivity index (χ3v) is 2.67. The highest BCUT2D eigenvalue weighted by atomic mass is 16.1. The molecule has 1 aromatic heterocycles. The summed E-state index contributed by atoms with van der Waals surface area (Å²) in [5.41, 5.74) is 2.12. The van der Waals surface area contributed by atoms with Gasteiger partial charge in [-0.15, -0.1) is 0 Å². The number of ketones is 1. The van der Waals surface area contributed by atoms with Crippen LogP contribution in [0.1, 0.15) is 44.9 Å². The molecule has 1 rings (SSSR count). The lowest BCUT2D eigenvalue weighted by Crippen LogP contribution is -2.05. The maximum absolute atomic E-state index is 11.6. The lowest BCUT2D eigenvalue weighted by Gasteiger charge is -2.04. The van der Waals surface area contributed by atoms with Gasteiger partial charge < -0.3 is 0 Å². The topological polar surface area (TPSA) is 30.0 Å². The number of aromatic nitrogens is 1. The van der Waals surface area contributed by atoms with E-state index in [0.29, 0.717) is 24.5 Å². The first-order valence-corrected chi connectivity index (χ1v) is 6.07. The molecule has 0 radical (unpaired) electrons. The minimum atomic E-state index is 0.297. The summed E-state index contributed by atoms with van der Waals surface area (Å²) in [6.45, 7) is 6.38. The van der Waals surface area contributed by atoms with E-state index >= 15 is 0 Å². The number of hydrogen-bond donors (Lipinski definition) is 0. The molecule has 2 heteroatoms. The summed E-state index contributed by atoms with van der Waals surface area (Å²) >= 11 is 0. The standard InChI is InChI=1S/C14H21NO/c1-4-12-6-7-13(15-10-12)9-14(16)8-5-11(2)3/h6-7,10-11H,4-5,8-9H2,1-3H3. The summed E-state index contributed by atoms with van der Waals surface area (Å²) in [4.78, 5) is 15.9. The van der Waals surface area contributed by atoms with E-state index in [4.69, 9.17) is 0 Å².